The van der Waals surface area contributed by atoms with Gasteiger partial charge in [-0.05, 0) is 54.7 Å². The van der Waals surface area contributed by atoms with Crippen LogP contribution in [-0.2, 0) is 17.8 Å². The van der Waals surface area contributed by atoms with E-state index in [1.807, 2.05) is 41.3 Å². The fourth-order valence-electron chi connectivity index (χ4n) is 4.37. The van der Waals surface area contributed by atoms with Gasteiger partial charge in [-0.1, -0.05) is 31.8 Å². The van der Waals surface area contributed by atoms with Crippen molar-refractivity contribution in [3.8, 4) is 17.1 Å². The minimum absolute atomic E-state index is 0.0210. The average molecular weight is 424 g/mol. The number of carbonyl (C=O) groups is 1. The fourth-order valence-corrected chi connectivity index (χ4v) is 4.37. The highest BCUT2D eigenvalue weighted by atomic mass is 16.5. The molecule has 31 heavy (non-hydrogen) atoms. The first-order valence-electron chi connectivity index (χ1n) is 10.8. The molecule has 3 aromatic rings. The summed E-state index contributed by atoms with van der Waals surface area (Å²) >= 11 is 0. The Hall–Kier alpha value is -3.09. The molecular weight excluding hydrogens is 394 g/mol. The van der Waals surface area contributed by atoms with Crippen LogP contribution in [0.3, 0.4) is 0 Å². The van der Waals surface area contributed by atoms with Crippen molar-refractivity contribution in [3.63, 3.8) is 0 Å². The monoisotopic (exact) mass is 423 g/mol. The number of amides is 1. The Bertz CT molecular complexity index is 981. The molecule has 7 heteroatoms. The van der Waals surface area contributed by atoms with Crippen molar-refractivity contribution in [2.45, 2.75) is 52.1 Å². The van der Waals surface area contributed by atoms with E-state index in [9.17, 15) is 4.79 Å². The van der Waals surface area contributed by atoms with Gasteiger partial charge in [-0.25, -0.2) is 0 Å². The van der Waals surface area contributed by atoms with Crippen molar-refractivity contribution in [1.29, 1.82) is 0 Å². The van der Waals surface area contributed by atoms with Crippen molar-refractivity contribution in [2.24, 2.45) is 11.8 Å². The van der Waals surface area contributed by atoms with Crippen LogP contribution in [0.4, 0.5) is 0 Å². The summed E-state index contributed by atoms with van der Waals surface area (Å²) < 4.78 is 16.1. The lowest BCUT2D eigenvalue weighted by Gasteiger charge is -2.41. The predicted molar refractivity (Wildman–Crippen MR) is 115 cm³/mol. The first kappa shape index (κ1) is 21.2. The second kappa shape index (κ2) is 9.37. The van der Waals surface area contributed by atoms with Crippen LogP contribution >= 0.6 is 0 Å². The third-order valence-corrected chi connectivity index (χ3v) is 6.41. The lowest BCUT2D eigenvalue weighted by Crippen LogP contribution is -2.47. The lowest BCUT2D eigenvalue weighted by atomic mass is 9.77. The fraction of sp³-hybridized carbons (Fsp3) is 0.458. The molecule has 2 heterocycles. The molecule has 1 amide bonds. The summed E-state index contributed by atoms with van der Waals surface area (Å²) in [6.45, 7) is 4.96. The quantitative estimate of drug-likeness (QED) is 0.546. The molecule has 0 bridgehead atoms. The van der Waals surface area contributed by atoms with Crippen LogP contribution in [0.15, 0.2) is 51.6 Å². The van der Waals surface area contributed by atoms with E-state index in [1.54, 1.807) is 13.4 Å². The summed E-state index contributed by atoms with van der Waals surface area (Å²) in [4.78, 5) is 19.7. The Morgan fingerprint density at radius 1 is 1.19 bits per heavy atom. The smallest absolute Gasteiger partial charge is 0.236 e. The van der Waals surface area contributed by atoms with Gasteiger partial charge in [-0.2, -0.15) is 4.98 Å². The summed E-state index contributed by atoms with van der Waals surface area (Å²) in [7, 11) is 1.62. The number of hydrogen-bond acceptors (Lipinski definition) is 6. The Labute approximate surface area is 182 Å². The van der Waals surface area contributed by atoms with E-state index in [4.69, 9.17) is 13.7 Å². The number of rotatable bonds is 7. The normalized spacial score (nSPS) is 21.1. The van der Waals surface area contributed by atoms with Crippen molar-refractivity contribution >= 4 is 5.91 Å². The molecule has 0 aliphatic heterocycles. The van der Waals surface area contributed by atoms with E-state index < -0.39 is 0 Å². The molecule has 7 nitrogen and oxygen atoms in total. The van der Waals surface area contributed by atoms with Crippen LogP contribution in [0.25, 0.3) is 11.4 Å². The molecule has 1 fully saturated rings. The first-order valence-corrected chi connectivity index (χ1v) is 10.8. The summed E-state index contributed by atoms with van der Waals surface area (Å²) in [5.41, 5.74) is 0.811. The van der Waals surface area contributed by atoms with Gasteiger partial charge in [0.1, 0.15) is 17.9 Å². The maximum atomic E-state index is 13.4. The SMILES string of the molecule is COc1ccc(-c2noc(CC(=O)N(Cc3ccco3)[C@@H]3CCC[C@@H](C)[C@@H]3C)n2)cc1. The number of methoxy groups -OCH3 is 1. The molecule has 1 aromatic carbocycles. The second-order valence-corrected chi connectivity index (χ2v) is 8.35. The maximum Gasteiger partial charge on any atom is 0.236 e. The standard InChI is InChI=1S/C24H29N3O4/c1-16-6-4-8-21(17(16)2)27(15-20-7-5-13-30-20)23(28)14-22-25-24(26-31-22)18-9-11-19(29-3)12-10-18/h5,7,9-13,16-17,21H,4,6,8,14-15H2,1-3H3/t16-,17+,21-/m1/s1. The highest BCUT2D eigenvalue weighted by molar-refractivity contribution is 5.78. The number of nitrogens with zero attached hydrogens (tertiary/aromatic N) is 3. The Balaban J connectivity index is 1.51. The second-order valence-electron chi connectivity index (χ2n) is 8.35. The van der Waals surface area contributed by atoms with E-state index in [2.05, 4.69) is 24.0 Å². The molecule has 2 aromatic heterocycles. The van der Waals surface area contributed by atoms with Gasteiger partial charge in [-0.15, -0.1) is 0 Å². The van der Waals surface area contributed by atoms with E-state index in [0.29, 0.717) is 30.1 Å². The molecule has 3 atom stereocenters. The minimum atomic E-state index is -0.0210. The predicted octanol–water partition coefficient (Wildman–Crippen LogP) is 4.73. The van der Waals surface area contributed by atoms with Crippen molar-refractivity contribution in [3.05, 3.63) is 54.3 Å². The molecule has 0 N–H and O–H groups in total. The van der Waals surface area contributed by atoms with Crippen LogP contribution in [0.2, 0.25) is 0 Å². The third kappa shape index (κ3) is 4.81. The van der Waals surface area contributed by atoms with Crippen molar-refractivity contribution in [2.75, 3.05) is 7.11 Å². The number of hydrogen-bond donors (Lipinski definition) is 0. The van der Waals surface area contributed by atoms with Crippen molar-refractivity contribution < 1.29 is 18.5 Å². The highest BCUT2D eigenvalue weighted by Gasteiger charge is 2.35. The molecule has 1 aliphatic rings. The number of ether oxygens (including phenoxy) is 1. The van der Waals surface area contributed by atoms with Crippen LogP contribution in [0, 0.1) is 11.8 Å². The zero-order valence-corrected chi connectivity index (χ0v) is 18.3. The molecule has 0 saturated heterocycles. The van der Waals surface area contributed by atoms with E-state index in [-0.39, 0.29) is 18.4 Å². The van der Waals surface area contributed by atoms with Gasteiger partial charge in [0.05, 0.1) is 19.9 Å². The van der Waals surface area contributed by atoms with Crippen molar-refractivity contribution in [1.82, 2.24) is 15.0 Å². The van der Waals surface area contributed by atoms with Gasteiger partial charge in [0, 0.05) is 11.6 Å². The average Bonchev–Trinajstić information content (AvgIpc) is 3.46. The van der Waals surface area contributed by atoms with Gasteiger partial charge >= 0.3 is 0 Å². The van der Waals surface area contributed by atoms with Gasteiger partial charge in [0.25, 0.3) is 0 Å². The first-order chi connectivity index (χ1) is 15.0. The number of furan rings is 1. The molecule has 1 saturated carbocycles. The van der Waals surface area contributed by atoms with Crippen LogP contribution in [0.1, 0.15) is 44.8 Å². The van der Waals surface area contributed by atoms with Crippen LogP contribution < -0.4 is 4.74 Å². The Morgan fingerprint density at radius 3 is 2.71 bits per heavy atom. The van der Waals surface area contributed by atoms with E-state index in [1.165, 1.54) is 6.42 Å². The summed E-state index contributed by atoms with van der Waals surface area (Å²) in [6.07, 6.45) is 5.04. The highest BCUT2D eigenvalue weighted by Crippen LogP contribution is 2.34. The zero-order chi connectivity index (χ0) is 21.8. The summed E-state index contributed by atoms with van der Waals surface area (Å²) in [6, 6.07) is 11.3. The van der Waals surface area contributed by atoms with E-state index in [0.717, 1.165) is 29.9 Å². The van der Waals surface area contributed by atoms with E-state index >= 15 is 0 Å². The van der Waals surface area contributed by atoms with Gasteiger partial charge in [0.2, 0.25) is 17.6 Å². The number of aromatic nitrogens is 2. The largest absolute Gasteiger partial charge is 0.497 e. The zero-order valence-electron chi connectivity index (χ0n) is 18.3. The minimum Gasteiger partial charge on any atom is -0.497 e. The molecule has 0 spiro atoms. The molecule has 0 unspecified atom stereocenters. The summed E-state index contributed by atoms with van der Waals surface area (Å²) in [5, 5.41) is 4.05. The van der Waals surface area contributed by atoms with Gasteiger partial charge < -0.3 is 18.6 Å². The molecular formula is C24H29N3O4. The molecule has 0 radical (unpaired) electrons. The molecule has 164 valence electrons. The summed E-state index contributed by atoms with van der Waals surface area (Å²) in [5.74, 6) is 3.29. The Morgan fingerprint density at radius 2 is 2.00 bits per heavy atom. The molecule has 4 rings (SSSR count). The topological polar surface area (TPSA) is 81.6 Å². The third-order valence-electron chi connectivity index (χ3n) is 6.41. The van der Waals surface area contributed by atoms with Crippen LogP contribution in [0.5, 0.6) is 5.75 Å². The number of benzene rings is 1. The van der Waals surface area contributed by atoms with Gasteiger partial charge in [-0.3, -0.25) is 4.79 Å². The van der Waals surface area contributed by atoms with Crippen LogP contribution in [-0.4, -0.2) is 34.1 Å². The van der Waals surface area contributed by atoms with Gasteiger partial charge in [0.15, 0.2) is 0 Å². The number of carbonyl (C=O) groups excluding carboxylic acids is 1. The molecule has 1 aliphatic carbocycles. The Kier molecular flexibility index (Phi) is 6.39. The maximum absolute atomic E-state index is 13.4. The lowest BCUT2D eigenvalue weighted by molar-refractivity contribution is -0.136.